The Labute approximate surface area is 75.4 Å². The third-order valence-electron chi connectivity index (χ3n) is 2.10. The van der Waals surface area contributed by atoms with Gasteiger partial charge in [0, 0.05) is 18.9 Å². The van der Waals surface area contributed by atoms with Crippen molar-refractivity contribution in [2.75, 3.05) is 0 Å². The van der Waals surface area contributed by atoms with Crippen LogP contribution in [0.2, 0.25) is 0 Å². The van der Waals surface area contributed by atoms with Gasteiger partial charge in [0.15, 0.2) is 0 Å². The summed E-state index contributed by atoms with van der Waals surface area (Å²) >= 11 is 0. The van der Waals surface area contributed by atoms with Gasteiger partial charge in [-0.15, -0.1) is 0 Å². The van der Waals surface area contributed by atoms with Crippen molar-refractivity contribution < 1.29 is 0 Å². The van der Waals surface area contributed by atoms with Gasteiger partial charge in [-0.1, -0.05) is 27.7 Å². The van der Waals surface area contributed by atoms with Crippen LogP contribution in [0.25, 0.3) is 0 Å². The second kappa shape index (κ2) is 3.34. The largest absolute Gasteiger partial charge is 0.354 e. The molecule has 0 unspecified atom stereocenters. The Kier molecular flexibility index (Phi) is 2.61. The van der Waals surface area contributed by atoms with Crippen LogP contribution >= 0.6 is 0 Å². The number of rotatable bonds is 2. The number of aromatic nitrogens is 1. The highest BCUT2D eigenvalue weighted by atomic mass is 14.9. The molecule has 0 aliphatic heterocycles. The summed E-state index contributed by atoms with van der Waals surface area (Å²) in [5, 5.41) is 0. The Morgan fingerprint density at radius 2 is 2.00 bits per heavy atom. The average molecular weight is 165 g/mol. The van der Waals surface area contributed by atoms with E-state index >= 15 is 0 Å². The summed E-state index contributed by atoms with van der Waals surface area (Å²) < 4.78 is 2.26. The first-order chi connectivity index (χ1) is 5.54. The lowest BCUT2D eigenvalue weighted by molar-refractivity contribution is 0.584. The van der Waals surface area contributed by atoms with E-state index in [1.807, 2.05) is 0 Å². The van der Waals surface area contributed by atoms with Crippen LogP contribution in [-0.4, -0.2) is 4.57 Å². The van der Waals surface area contributed by atoms with Gasteiger partial charge in [-0.2, -0.15) is 0 Å². The maximum atomic E-state index is 2.26. The van der Waals surface area contributed by atoms with E-state index in [9.17, 15) is 0 Å². The number of hydrogen-bond donors (Lipinski definition) is 0. The van der Waals surface area contributed by atoms with Crippen molar-refractivity contribution >= 4 is 0 Å². The molecule has 0 aliphatic carbocycles. The van der Waals surface area contributed by atoms with E-state index in [0.29, 0.717) is 5.41 Å². The van der Waals surface area contributed by atoms with E-state index in [1.165, 1.54) is 12.0 Å². The van der Waals surface area contributed by atoms with Crippen LogP contribution in [-0.2, 0) is 12.0 Å². The molecule has 1 heteroatoms. The maximum absolute atomic E-state index is 2.26. The molecule has 0 aliphatic rings. The molecule has 68 valence electrons. The maximum Gasteiger partial charge on any atom is 0.0217 e. The summed E-state index contributed by atoms with van der Waals surface area (Å²) in [6, 6.07) is 2.22. The van der Waals surface area contributed by atoms with Gasteiger partial charge in [-0.25, -0.2) is 0 Å². The molecule has 1 aromatic rings. The van der Waals surface area contributed by atoms with E-state index in [4.69, 9.17) is 0 Å². The van der Waals surface area contributed by atoms with Gasteiger partial charge in [-0.05, 0) is 23.5 Å². The third kappa shape index (κ3) is 2.13. The van der Waals surface area contributed by atoms with Gasteiger partial charge < -0.3 is 4.57 Å². The smallest absolute Gasteiger partial charge is 0.0217 e. The highest BCUT2D eigenvalue weighted by Crippen LogP contribution is 2.21. The van der Waals surface area contributed by atoms with Crippen molar-refractivity contribution in [3.8, 4) is 0 Å². The van der Waals surface area contributed by atoms with Crippen molar-refractivity contribution in [2.45, 2.75) is 46.1 Å². The zero-order chi connectivity index (χ0) is 9.19. The van der Waals surface area contributed by atoms with Gasteiger partial charge >= 0.3 is 0 Å². The molecule has 0 aromatic carbocycles. The Bertz CT molecular complexity index is 240. The van der Waals surface area contributed by atoms with Crippen molar-refractivity contribution in [1.82, 2.24) is 4.57 Å². The van der Waals surface area contributed by atoms with Crippen LogP contribution in [0.3, 0.4) is 0 Å². The molecule has 0 bridgehead atoms. The Morgan fingerprint density at radius 3 is 2.42 bits per heavy atom. The topological polar surface area (TPSA) is 4.93 Å². The predicted octanol–water partition coefficient (Wildman–Crippen LogP) is 3.20. The minimum absolute atomic E-state index is 0.291. The molecular formula is C11H19N. The van der Waals surface area contributed by atoms with Crippen molar-refractivity contribution in [3.05, 3.63) is 24.0 Å². The van der Waals surface area contributed by atoms with E-state index in [-0.39, 0.29) is 0 Å². The third-order valence-corrected chi connectivity index (χ3v) is 2.10. The van der Waals surface area contributed by atoms with Gasteiger partial charge in [-0.3, -0.25) is 0 Å². The fourth-order valence-electron chi connectivity index (χ4n) is 1.28. The zero-order valence-corrected chi connectivity index (χ0v) is 8.59. The molecule has 0 atom stereocenters. The van der Waals surface area contributed by atoms with Crippen LogP contribution < -0.4 is 0 Å². The minimum Gasteiger partial charge on any atom is -0.354 e. The van der Waals surface area contributed by atoms with Gasteiger partial charge in [0.05, 0.1) is 0 Å². The summed E-state index contributed by atoms with van der Waals surface area (Å²) in [6.45, 7) is 10.1. The van der Waals surface area contributed by atoms with Gasteiger partial charge in [0.2, 0.25) is 0 Å². The fraction of sp³-hybridized carbons (Fsp3) is 0.636. The Hall–Kier alpha value is -0.720. The SMILES string of the molecule is CCCn1ccc(C(C)(C)C)c1. The Balaban J connectivity index is 2.77. The Morgan fingerprint density at radius 1 is 1.33 bits per heavy atom. The summed E-state index contributed by atoms with van der Waals surface area (Å²) in [4.78, 5) is 0. The second-order valence-corrected chi connectivity index (χ2v) is 4.39. The molecule has 0 saturated heterocycles. The van der Waals surface area contributed by atoms with Crippen LogP contribution in [0.4, 0.5) is 0 Å². The molecule has 1 rings (SSSR count). The molecule has 12 heavy (non-hydrogen) atoms. The molecule has 0 fully saturated rings. The van der Waals surface area contributed by atoms with E-state index < -0.39 is 0 Å². The van der Waals surface area contributed by atoms with Crippen molar-refractivity contribution in [1.29, 1.82) is 0 Å². The molecule has 1 nitrogen and oxygen atoms in total. The lowest BCUT2D eigenvalue weighted by Crippen LogP contribution is -2.09. The number of aryl methyl sites for hydroxylation is 1. The first-order valence-electron chi connectivity index (χ1n) is 4.70. The molecule has 0 N–H and O–H groups in total. The van der Waals surface area contributed by atoms with Crippen molar-refractivity contribution in [2.24, 2.45) is 0 Å². The van der Waals surface area contributed by atoms with Crippen LogP contribution in [0.15, 0.2) is 18.5 Å². The average Bonchev–Trinajstić information content (AvgIpc) is 2.35. The van der Waals surface area contributed by atoms with Crippen molar-refractivity contribution in [3.63, 3.8) is 0 Å². The minimum atomic E-state index is 0.291. The van der Waals surface area contributed by atoms with E-state index in [1.54, 1.807) is 0 Å². The first-order valence-corrected chi connectivity index (χ1v) is 4.70. The monoisotopic (exact) mass is 165 g/mol. The van der Waals surface area contributed by atoms with E-state index in [0.717, 1.165) is 6.54 Å². The zero-order valence-electron chi connectivity index (χ0n) is 8.59. The van der Waals surface area contributed by atoms with Gasteiger partial charge in [0.1, 0.15) is 0 Å². The first kappa shape index (κ1) is 9.37. The normalized spacial score (nSPS) is 12.0. The molecule has 0 saturated carbocycles. The molecule has 0 amide bonds. The highest BCUT2D eigenvalue weighted by Gasteiger charge is 2.13. The summed E-state index contributed by atoms with van der Waals surface area (Å²) in [6.07, 6.45) is 5.63. The van der Waals surface area contributed by atoms with E-state index in [2.05, 4.69) is 50.7 Å². The summed E-state index contributed by atoms with van der Waals surface area (Å²) in [5.41, 5.74) is 1.72. The van der Waals surface area contributed by atoms with Crippen LogP contribution in [0.1, 0.15) is 39.7 Å². The highest BCUT2D eigenvalue weighted by molar-refractivity contribution is 5.19. The molecule has 1 heterocycles. The molecule has 0 radical (unpaired) electrons. The van der Waals surface area contributed by atoms with Crippen LogP contribution in [0.5, 0.6) is 0 Å². The summed E-state index contributed by atoms with van der Waals surface area (Å²) in [7, 11) is 0. The standard InChI is InChI=1S/C11H19N/c1-5-7-12-8-6-10(9-12)11(2,3)4/h6,8-9H,5,7H2,1-4H3. The molecule has 1 aromatic heterocycles. The quantitative estimate of drug-likeness (QED) is 0.634. The lowest BCUT2D eigenvalue weighted by Gasteiger charge is -2.15. The van der Waals surface area contributed by atoms with Crippen LogP contribution in [0, 0.1) is 0 Å². The second-order valence-electron chi connectivity index (χ2n) is 4.39. The predicted molar refractivity (Wildman–Crippen MR) is 53.4 cm³/mol. The molecule has 0 spiro atoms. The summed E-state index contributed by atoms with van der Waals surface area (Å²) in [5.74, 6) is 0. The number of nitrogens with zero attached hydrogens (tertiary/aromatic N) is 1. The molecular weight excluding hydrogens is 146 g/mol. The lowest BCUT2D eigenvalue weighted by atomic mass is 9.89. The fourth-order valence-corrected chi connectivity index (χ4v) is 1.28. The van der Waals surface area contributed by atoms with Gasteiger partial charge in [0.25, 0.3) is 0 Å². The number of hydrogen-bond acceptors (Lipinski definition) is 0.